The van der Waals surface area contributed by atoms with Gasteiger partial charge in [0.25, 0.3) is 5.91 Å². The number of alkyl halides is 1. The number of phenolic OH excluding ortho intramolecular Hbond substituents is 1. The fraction of sp³-hybridized carbons (Fsp3) is 0.538. The van der Waals surface area contributed by atoms with Crippen LogP contribution in [0.2, 0.25) is 0 Å². The third kappa shape index (κ3) is 6.33. The number of hydrogen-bond acceptors (Lipinski definition) is 10. The van der Waals surface area contributed by atoms with Crippen LogP contribution in [0.1, 0.15) is 71.2 Å². The zero-order chi connectivity index (χ0) is 37.0. The number of carbonyl (C=O) groups excluding carboxylic acids is 1. The number of ether oxygens (including phenoxy) is 2. The summed E-state index contributed by atoms with van der Waals surface area (Å²) in [6.07, 6.45) is 3.31. The Hall–Kier alpha value is -4.56. The van der Waals surface area contributed by atoms with Gasteiger partial charge in [0.15, 0.2) is 5.69 Å². The molecule has 1 amide bonds. The summed E-state index contributed by atoms with van der Waals surface area (Å²) in [5.41, 5.74) is 4.84. The van der Waals surface area contributed by atoms with E-state index in [2.05, 4.69) is 14.7 Å². The van der Waals surface area contributed by atoms with E-state index in [0.29, 0.717) is 76.4 Å². The second kappa shape index (κ2) is 14.0. The van der Waals surface area contributed by atoms with Crippen molar-refractivity contribution < 1.29 is 28.2 Å². The lowest BCUT2D eigenvalue weighted by molar-refractivity contribution is 0.0816. The van der Waals surface area contributed by atoms with Gasteiger partial charge in [0.2, 0.25) is 0 Å². The van der Waals surface area contributed by atoms with Crippen LogP contribution in [0.25, 0.3) is 10.8 Å². The Bertz CT molecular complexity index is 2060. The van der Waals surface area contributed by atoms with Gasteiger partial charge in [-0.25, -0.2) is 8.78 Å². The summed E-state index contributed by atoms with van der Waals surface area (Å²) < 4.78 is 43.9. The quantitative estimate of drug-likeness (QED) is 0.252. The number of fused-ring (bicyclic) bond motifs is 4. The minimum Gasteiger partial charge on any atom is -0.508 e. The van der Waals surface area contributed by atoms with Crippen molar-refractivity contribution in [1.29, 1.82) is 0 Å². The number of rotatable bonds is 9. The van der Waals surface area contributed by atoms with Crippen LogP contribution in [0.5, 0.6) is 11.8 Å². The van der Waals surface area contributed by atoms with Crippen molar-refractivity contribution in [3.05, 3.63) is 63.9 Å². The number of methoxy groups -OCH3 is 1. The number of nitrogens with zero attached hydrogens (tertiary/aromatic N) is 8. The van der Waals surface area contributed by atoms with E-state index in [-0.39, 0.29) is 35.6 Å². The Kier molecular flexibility index (Phi) is 9.38. The van der Waals surface area contributed by atoms with Crippen molar-refractivity contribution in [2.75, 3.05) is 63.8 Å². The summed E-state index contributed by atoms with van der Waals surface area (Å²) in [5.74, 6) is 0.436. The highest BCUT2D eigenvalue weighted by Crippen LogP contribution is 2.42. The highest BCUT2D eigenvalue weighted by molar-refractivity contribution is 5.98. The van der Waals surface area contributed by atoms with E-state index in [0.717, 1.165) is 70.6 Å². The SMILES string of the molecule is CCc1c(F)ccc2cc(O)cc(N3CCc4c(nc(OC[C@@]56CCCN5C[C@H](F)C6)nc4N4CCCn5nc(C(=O)N(C)C)c(COC)c5C4)C3)c12. The lowest BCUT2D eigenvalue weighted by Crippen LogP contribution is -2.43. The summed E-state index contributed by atoms with van der Waals surface area (Å²) >= 11 is 0. The van der Waals surface area contributed by atoms with Gasteiger partial charge in [-0.2, -0.15) is 15.1 Å². The first kappa shape index (κ1) is 35.5. The van der Waals surface area contributed by atoms with Gasteiger partial charge in [0.1, 0.15) is 30.2 Å². The Labute approximate surface area is 308 Å². The van der Waals surface area contributed by atoms with Gasteiger partial charge in [-0.05, 0) is 61.7 Å². The second-order valence-electron chi connectivity index (χ2n) is 15.1. The van der Waals surface area contributed by atoms with Crippen molar-refractivity contribution in [2.45, 2.75) is 83.4 Å². The lowest BCUT2D eigenvalue weighted by atomic mass is 9.95. The average Bonchev–Trinajstić information content (AvgIpc) is 3.73. The Morgan fingerprint density at radius 3 is 2.72 bits per heavy atom. The number of aromatic hydroxyl groups is 1. The molecule has 14 heteroatoms. The minimum absolute atomic E-state index is 0.114. The monoisotopic (exact) mass is 730 g/mol. The molecular formula is C39H48F2N8O4. The van der Waals surface area contributed by atoms with Crippen LogP contribution < -0.4 is 14.5 Å². The first-order valence-electron chi connectivity index (χ1n) is 18.7. The summed E-state index contributed by atoms with van der Waals surface area (Å²) in [4.78, 5) is 31.4. The lowest BCUT2D eigenvalue weighted by Gasteiger charge is -2.35. The predicted octanol–water partition coefficient (Wildman–Crippen LogP) is 5.01. The van der Waals surface area contributed by atoms with E-state index < -0.39 is 6.17 Å². The van der Waals surface area contributed by atoms with Gasteiger partial charge in [-0.1, -0.05) is 13.0 Å². The van der Waals surface area contributed by atoms with E-state index >= 15 is 4.39 Å². The summed E-state index contributed by atoms with van der Waals surface area (Å²) in [5, 5.41) is 17.1. The topological polar surface area (TPSA) is 112 Å². The molecule has 2 fully saturated rings. The summed E-state index contributed by atoms with van der Waals surface area (Å²) in [6, 6.07) is 6.81. The summed E-state index contributed by atoms with van der Waals surface area (Å²) in [7, 11) is 5.06. The minimum atomic E-state index is -0.880. The first-order valence-corrected chi connectivity index (χ1v) is 18.7. The fourth-order valence-electron chi connectivity index (χ4n) is 9.07. The Morgan fingerprint density at radius 2 is 1.92 bits per heavy atom. The molecule has 282 valence electrons. The molecule has 0 radical (unpaired) electrons. The molecular weight excluding hydrogens is 682 g/mol. The van der Waals surface area contributed by atoms with Crippen LogP contribution in [0.4, 0.5) is 20.3 Å². The highest BCUT2D eigenvalue weighted by Gasteiger charge is 2.49. The number of aromatic nitrogens is 4. The Morgan fingerprint density at radius 1 is 1.08 bits per heavy atom. The number of halogens is 2. The zero-order valence-electron chi connectivity index (χ0n) is 31.0. The highest BCUT2D eigenvalue weighted by atomic mass is 19.1. The second-order valence-corrected chi connectivity index (χ2v) is 15.1. The maximum Gasteiger partial charge on any atom is 0.318 e. The molecule has 0 saturated carbocycles. The van der Waals surface area contributed by atoms with Gasteiger partial charge in [0, 0.05) is 82.1 Å². The fourth-order valence-corrected chi connectivity index (χ4v) is 9.07. The molecule has 8 rings (SSSR count). The molecule has 1 N–H and O–H groups in total. The van der Waals surface area contributed by atoms with E-state index in [1.807, 2.05) is 11.6 Å². The standard InChI is InChI=1S/C39H48F2N8O4/c1-5-27-30(41)9-8-24-16-26(50)17-32(34(24)27)46-15-10-28-31(20-46)42-38(53-23-39-11-6-13-48(39)19-25(40)18-39)43-36(28)47-12-7-14-49-33(21-47)29(22-52-4)35(44-49)37(51)45(2)3/h8-9,16-17,25,50H,5-7,10-15,18-23H2,1-4H3/t25-,39+/m1/s1. The molecule has 0 spiro atoms. The Balaban J connectivity index is 1.19. The predicted molar refractivity (Wildman–Crippen MR) is 197 cm³/mol. The number of benzene rings is 2. The maximum atomic E-state index is 15.2. The average molecular weight is 731 g/mol. The van der Waals surface area contributed by atoms with Gasteiger partial charge in [0.05, 0.1) is 36.6 Å². The third-order valence-electron chi connectivity index (χ3n) is 11.6. The van der Waals surface area contributed by atoms with Gasteiger partial charge < -0.3 is 29.3 Å². The van der Waals surface area contributed by atoms with Crippen molar-refractivity contribution >= 4 is 28.2 Å². The number of hydrogen-bond donors (Lipinski definition) is 1. The molecule has 2 atom stereocenters. The zero-order valence-corrected chi connectivity index (χ0v) is 31.0. The van der Waals surface area contributed by atoms with Crippen LogP contribution in [0.3, 0.4) is 0 Å². The number of carbonyl (C=O) groups is 1. The third-order valence-corrected chi connectivity index (χ3v) is 11.6. The van der Waals surface area contributed by atoms with Crippen LogP contribution in [-0.2, 0) is 43.8 Å². The maximum absolute atomic E-state index is 15.2. The molecule has 6 heterocycles. The number of amides is 1. The number of anilines is 2. The molecule has 4 aliphatic rings. The smallest absolute Gasteiger partial charge is 0.318 e. The number of phenols is 1. The normalized spacial score (nSPS) is 21.4. The van der Waals surface area contributed by atoms with Crippen LogP contribution in [0, 0.1) is 5.82 Å². The molecule has 2 aromatic carbocycles. The van der Waals surface area contributed by atoms with Crippen LogP contribution in [0.15, 0.2) is 24.3 Å². The van der Waals surface area contributed by atoms with Crippen LogP contribution >= 0.6 is 0 Å². The molecule has 0 aliphatic carbocycles. The molecule has 12 nitrogen and oxygen atoms in total. The first-order chi connectivity index (χ1) is 25.6. The molecule has 0 bridgehead atoms. The molecule has 4 aliphatic heterocycles. The van der Waals surface area contributed by atoms with E-state index in [4.69, 9.17) is 24.5 Å². The molecule has 4 aromatic rings. The van der Waals surface area contributed by atoms with Gasteiger partial charge >= 0.3 is 6.01 Å². The van der Waals surface area contributed by atoms with Crippen molar-refractivity contribution in [1.82, 2.24) is 29.5 Å². The largest absolute Gasteiger partial charge is 0.508 e. The van der Waals surface area contributed by atoms with E-state index in [9.17, 15) is 14.3 Å². The number of aryl methyl sites for hydroxylation is 2. The molecule has 2 aromatic heterocycles. The molecule has 2 saturated heterocycles. The van der Waals surface area contributed by atoms with Crippen molar-refractivity contribution in [3.8, 4) is 11.8 Å². The van der Waals surface area contributed by atoms with Gasteiger partial charge in [-0.15, -0.1) is 0 Å². The van der Waals surface area contributed by atoms with Crippen molar-refractivity contribution in [3.63, 3.8) is 0 Å². The molecule has 53 heavy (non-hydrogen) atoms. The van der Waals surface area contributed by atoms with Gasteiger partial charge in [-0.3, -0.25) is 14.4 Å². The summed E-state index contributed by atoms with van der Waals surface area (Å²) in [6.45, 7) is 6.54. The van der Waals surface area contributed by atoms with E-state index in [1.54, 1.807) is 39.4 Å². The van der Waals surface area contributed by atoms with Crippen LogP contribution in [-0.4, -0.2) is 106 Å². The van der Waals surface area contributed by atoms with E-state index in [1.165, 1.54) is 11.0 Å². The molecule has 0 unspecified atom stereocenters. The van der Waals surface area contributed by atoms with Crippen molar-refractivity contribution in [2.24, 2.45) is 0 Å².